The van der Waals surface area contributed by atoms with Crippen molar-refractivity contribution in [1.82, 2.24) is 0 Å². The largest absolute Gasteiger partial charge is 0.390 e. The summed E-state index contributed by atoms with van der Waals surface area (Å²) in [5.74, 6) is 4.66. The summed E-state index contributed by atoms with van der Waals surface area (Å²) < 4.78 is 6.45. The van der Waals surface area contributed by atoms with Crippen LogP contribution in [0.2, 0.25) is 0 Å². The van der Waals surface area contributed by atoms with Gasteiger partial charge in [0.15, 0.2) is 0 Å². The molecule has 0 saturated heterocycles. The molecule has 1 aromatic carbocycles. The van der Waals surface area contributed by atoms with Crippen LogP contribution in [-0.4, -0.2) is 16.8 Å². The minimum absolute atomic E-state index is 0.457. The fourth-order valence-corrected chi connectivity index (χ4v) is 9.69. The summed E-state index contributed by atoms with van der Waals surface area (Å²) in [5, 5.41) is 10.1. The van der Waals surface area contributed by atoms with Crippen molar-refractivity contribution in [2.24, 2.45) is 40.4 Å². The van der Waals surface area contributed by atoms with E-state index < -0.39 is 5.60 Å². The molecule has 0 amide bonds. The Labute approximate surface area is 215 Å². The lowest BCUT2D eigenvalue weighted by molar-refractivity contribution is -0.136. The lowest BCUT2D eigenvalue weighted by Crippen LogP contribution is -2.54. The van der Waals surface area contributed by atoms with Gasteiger partial charge in [-0.2, -0.15) is 0 Å². The summed E-state index contributed by atoms with van der Waals surface area (Å²) in [6.45, 7) is 10.1. The zero-order valence-corrected chi connectivity index (χ0v) is 23.1. The molecule has 0 spiro atoms. The van der Waals surface area contributed by atoms with Gasteiger partial charge in [0, 0.05) is 0 Å². The second-order valence-corrected chi connectivity index (χ2v) is 14.2. The van der Waals surface area contributed by atoms with Crippen molar-refractivity contribution in [3.05, 3.63) is 35.9 Å². The minimum Gasteiger partial charge on any atom is -0.390 e. The van der Waals surface area contributed by atoms with Gasteiger partial charge in [0.2, 0.25) is 0 Å². The first-order valence-electron chi connectivity index (χ1n) is 15.1. The summed E-state index contributed by atoms with van der Waals surface area (Å²) >= 11 is 0. The third-order valence-corrected chi connectivity index (χ3v) is 11.7. The number of ether oxygens (including phenoxy) is 1. The van der Waals surface area contributed by atoms with Gasteiger partial charge in [0.25, 0.3) is 0 Å². The number of rotatable bonds is 8. The van der Waals surface area contributed by atoms with Gasteiger partial charge < -0.3 is 9.84 Å². The SMILES string of the molecule is CC(C)(O)CCCCC1CCC2C3CCC4CC(OCc5ccccc5)CCC4(C)C3CCC12C. The van der Waals surface area contributed by atoms with Gasteiger partial charge in [0.05, 0.1) is 18.3 Å². The summed E-state index contributed by atoms with van der Waals surface area (Å²) in [6.07, 6.45) is 18.0. The predicted octanol–water partition coefficient (Wildman–Crippen LogP) is 8.56. The molecule has 2 heteroatoms. The Morgan fingerprint density at radius 3 is 2.40 bits per heavy atom. The topological polar surface area (TPSA) is 29.5 Å². The standard InChI is InChI=1S/C33H52O2/c1-31(2,34)19-9-8-12-25-14-16-29-28-15-13-26-22-27(35-23-24-10-6-5-7-11-24)17-20-33(26,4)30(28)18-21-32(25,29)3/h5-7,10-11,25-30,34H,8-9,12-23H2,1-4H3. The average molecular weight is 481 g/mol. The molecule has 0 radical (unpaired) electrons. The van der Waals surface area contributed by atoms with Gasteiger partial charge in [-0.25, -0.2) is 0 Å². The van der Waals surface area contributed by atoms with Crippen molar-refractivity contribution < 1.29 is 9.84 Å². The van der Waals surface area contributed by atoms with Crippen LogP contribution in [0.15, 0.2) is 30.3 Å². The summed E-state index contributed by atoms with van der Waals surface area (Å²) in [4.78, 5) is 0. The Balaban J connectivity index is 1.18. The number of fused-ring (bicyclic) bond motifs is 5. The molecule has 8 atom stereocenters. The van der Waals surface area contributed by atoms with E-state index in [2.05, 4.69) is 44.2 Å². The van der Waals surface area contributed by atoms with Crippen LogP contribution in [0.25, 0.3) is 0 Å². The van der Waals surface area contributed by atoms with E-state index in [1.165, 1.54) is 82.6 Å². The molecule has 1 aromatic rings. The highest BCUT2D eigenvalue weighted by atomic mass is 16.5. The van der Waals surface area contributed by atoms with Crippen molar-refractivity contribution in [1.29, 1.82) is 0 Å². The number of hydrogen-bond donors (Lipinski definition) is 1. The molecule has 35 heavy (non-hydrogen) atoms. The molecule has 4 aliphatic rings. The van der Waals surface area contributed by atoms with Crippen molar-refractivity contribution in [3.63, 3.8) is 0 Å². The van der Waals surface area contributed by atoms with Crippen LogP contribution in [0.1, 0.15) is 117 Å². The van der Waals surface area contributed by atoms with E-state index in [0.29, 0.717) is 16.9 Å². The molecule has 5 rings (SSSR count). The van der Waals surface area contributed by atoms with Crippen LogP contribution in [0.3, 0.4) is 0 Å². The van der Waals surface area contributed by atoms with Crippen molar-refractivity contribution in [3.8, 4) is 0 Å². The van der Waals surface area contributed by atoms with Gasteiger partial charge >= 0.3 is 0 Å². The Morgan fingerprint density at radius 1 is 0.886 bits per heavy atom. The Kier molecular flexibility index (Phi) is 7.46. The maximum Gasteiger partial charge on any atom is 0.0720 e. The summed E-state index contributed by atoms with van der Waals surface area (Å²) in [5.41, 5.74) is 1.93. The number of unbranched alkanes of at least 4 members (excludes halogenated alkanes) is 1. The zero-order valence-electron chi connectivity index (χ0n) is 23.1. The molecule has 0 aliphatic heterocycles. The molecule has 196 valence electrons. The number of hydrogen-bond acceptors (Lipinski definition) is 2. The van der Waals surface area contributed by atoms with E-state index in [-0.39, 0.29) is 0 Å². The fraction of sp³-hybridized carbons (Fsp3) is 0.818. The monoisotopic (exact) mass is 480 g/mol. The Morgan fingerprint density at radius 2 is 1.63 bits per heavy atom. The molecule has 0 bridgehead atoms. The number of benzene rings is 1. The molecule has 0 aromatic heterocycles. The first-order valence-corrected chi connectivity index (χ1v) is 15.1. The van der Waals surface area contributed by atoms with E-state index in [4.69, 9.17) is 4.74 Å². The van der Waals surface area contributed by atoms with Crippen molar-refractivity contribution in [2.45, 2.75) is 129 Å². The van der Waals surface area contributed by atoms with Crippen LogP contribution in [-0.2, 0) is 11.3 Å². The van der Waals surface area contributed by atoms with Crippen LogP contribution < -0.4 is 0 Å². The zero-order chi connectivity index (χ0) is 24.7. The molecule has 4 saturated carbocycles. The van der Waals surface area contributed by atoms with E-state index in [1.807, 2.05) is 13.8 Å². The molecular weight excluding hydrogens is 428 g/mol. The quantitative estimate of drug-likeness (QED) is 0.378. The maximum atomic E-state index is 10.1. The molecule has 0 heterocycles. The molecular formula is C33H52O2. The van der Waals surface area contributed by atoms with E-state index in [0.717, 1.165) is 42.6 Å². The molecule has 4 fully saturated rings. The fourth-order valence-electron chi connectivity index (χ4n) is 9.69. The molecule has 1 N–H and O–H groups in total. The third kappa shape index (κ3) is 5.26. The normalized spacial score (nSPS) is 41.2. The van der Waals surface area contributed by atoms with E-state index in [1.54, 1.807) is 0 Å². The van der Waals surface area contributed by atoms with Crippen LogP contribution >= 0.6 is 0 Å². The first kappa shape index (κ1) is 25.8. The molecule has 4 aliphatic carbocycles. The summed E-state index contributed by atoms with van der Waals surface area (Å²) in [6, 6.07) is 10.7. The average Bonchev–Trinajstić information content (AvgIpc) is 3.17. The smallest absolute Gasteiger partial charge is 0.0720 e. The first-order chi connectivity index (χ1) is 16.7. The third-order valence-electron chi connectivity index (χ3n) is 11.7. The van der Waals surface area contributed by atoms with Crippen LogP contribution in [0.5, 0.6) is 0 Å². The van der Waals surface area contributed by atoms with Crippen LogP contribution in [0, 0.1) is 40.4 Å². The van der Waals surface area contributed by atoms with Gasteiger partial charge in [-0.05, 0) is 130 Å². The van der Waals surface area contributed by atoms with Gasteiger partial charge in [-0.15, -0.1) is 0 Å². The highest BCUT2D eigenvalue weighted by molar-refractivity contribution is 5.14. The highest BCUT2D eigenvalue weighted by Gasteiger charge is 2.59. The molecule has 2 nitrogen and oxygen atoms in total. The Bertz CT molecular complexity index is 827. The van der Waals surface area contributed by atoms with Gasteiger partial charge in [-0.3, -0.25) is 0 Å². The van der Waals surface area contributed by atoms with Crippen molar-refractivity contribution in [2.75, 3.05) is 0 Å². The highest BCUT2D eigenvalue weighted by Crippen LogP contribution is 2.68. The van der Waals surface area contributed by atoms with E-state index in [9.17, 15) is 5.11 Å². The van der Waals surface area contributed by atoms with Gasteiger partial charge in [0.1, 0.15) is 0 Å². The second kappa shape index (κ2) is 10.1. The Hall–Kier alpha value is -0.860. The van der Waals surface area contributed by atoms with E-state index >= 15 is 0 Å². The molecule has 8 unspecified atom stereocenters. The predicted molar refractivity (Wildman–Crippen MR) is 145 cm³/mol. The lowest BCUT2D eigenvalue weighted by atomic mass is 9.44. The summed E-state index contributed by atoms with van der Waals surface area (Å²) in [7, 11) is 0. The maximum absolute atomic E-state index is 10.1. The van der Waals surface area contributed by atoms with Gasteiger partial charge in [-0.1, -0.05) is 57.0 Å². The minimum atomic E-state index is -0.500. The number of aliphatic hydroxyl groups is 1. The van der Waals surface area contributed by atoms with Crippen LogP contribution in [0.4, 0.5) is 0 Å². The van der Waals surface area contributed by atoms with Crippen molar-refractivity contribution >= 4 is 0 Å². The lowest BCUT2D eigenvalue weighted by Gasteiger charge is -2.61. The second-order valence-electron chi connectivity index (χ2n) is 14.2.